The van der Waals surface area contributed by atoms with Gasteiger partial charge in [-0.25, -0.2) is 4.98 Å². The van der Waals surface area contributed by atoms with Crippen LogP contribution in [0.1, 0.15) is 5.69 Å². The molecule has 0 aliphatic heterocycles. The van der Waals surface area contributed by atoms with Gasteiger partial charge in [-0.05, 0) is 36.4 Å². The molecule has 1 aromatic heterocycles. The van der Waals surface area contributed by atoms with Crippen molar-refractivity contribution in [3.05, 3.63) is 57.5 Å². The summed E-state index contributed by atoms with van der Waals surface area (Å²) < 4.78 is 10.6. The highest BCUT2D eigenvalue weighted by Gasteiger charge is 2.10. The number of ether oxygens (including phenoxy) is 2. The average Bonchev–Trinajstić information content (AvgIpc) is 3.11. The Hall–Kier alpha value is -1.40. The molecule has 0 N–H and O–H groups in total. The molecule has 25 heavy (non-hydrogen) atoms. The lowest BCUT2D eigenvalue weighted by Gasteiger charge is -2.08. The van der Waals surface area contributed by atoms with Crippen LogP contribution in [0.25, 0.3) is 10.6 Å². The molecule has 0 aliphatic carbocycles. The standard InChI is InChI=1S/C18H15Cl2NO2S2/c1-22-16-6-3-11(7-17(16)23-2)18-21-12(10-25-18)9-24-13-4-5-14(19)15(20)8-13/h3-8,10H,9H2,1-2H3. The van der Waals surface area contributed by atoms with Crippen LogP contribution in [0.15, 0.2) is 46.7 Å². The van der Waals surface area contributed by atoms with E-state index in [1.54, 1.807) is 37.3 Å². The Morgan fingerprint density at radius 1 is 1.00 bits per heavy atom. The van der Waals surface area contributed by atoms with Gasteiger partial charge in [0.25, 0.3) is 0 Å². The number of benzene rings is 2. The van der Waals surface area contributed by atoms with Crippen LogP contribution in [0.5, 0.6) is 11.5 Å². The second kappa shape index (κ2) is 8.32. The Balaban J connectivity index is 1.73. The predicted molar refractivity (Wildman–Crippen MR) is 107 cm³/mol. The maximum absolute atomic E-state index is 6.05. The molecule has 3 nitrogen and oxygen atoms in total. The molecule has 0 unspecified atom stereocenters. The van der Waals surface area contributed by atoms with Crippen LogP contribution in [0.3, 0.4) is 0 Å². The Labute approximate surface area is 164 Å². The van der Waals surface area contributed by atoms with E-state index in [2.05, 4.69) is 5.38 Å². The fraction of sp³-hybridized carbons (Fsp3) is 0.167. The smallest absolute Gasteiger partial charge is 0.161 e. The van der Waals surface area contributed by atoms with E-state index >= 15 is 0 Å². The molecule has 0 spiro atoms. The summed E-state index contributed by atoms with van der Waals surface area (Å²) >= 11 is 15.3. The molecule has 0 amide bonds. The van der Waals surface area contributed by atoms with E-state index in [4.69, 9.17) is 37.7 Å². The van der Waals surface area contributed by atoms with Gasteiger partial charge in [0.1, 0.15) is 5.01 Å². The van der Waals surface area contributed by atoms with Crippen molar-refractivity contribution in [1.82, 2.24) is 4.98 Å². The van der Waals surface area contributed by atoms with Gasteiger partial charge in [0, 0.05) is 21.6 Å². The van der Waals surface area contributed by atoms with E-state index in [9.17, 15) is 0 Å². The Bertz CT molecular complexity index is 883. The van der Waals surface area contributed by atoms with E-state index in [1.165, 1.54) is 0 Å². The first-order valence-electron chi connectivity index (χ1n) is 7.35. The van der Waals surface area contributed by atoms with Crippen LogP contribution < -0.4 is 9.47 Å². The molecule has 0 atom stereocenters. The van der Waals surface area contributed by atoms with Gasteiger partial charge in [-0.15, -0.1) is 23.1 Å². The highest BCUT2D eigenvalue weighted by Crippen LogP contribution is 2.35. The van der Waals surface area contributed by atoms with Crippen molar-refractivity contribution < 1.29 is 9.47 Å². The van der Waals surface area contributed by atoms with Crippen molar-refractivity contribution in [3.8, 4) is 22.1 Å². The van der Waals surface area contributed by atoms with E-state index < -0.39 is 0 Å². The van der Waals surface area contributed by atoms with Crippen molar-refractivity contribution >= 4 is 46.3 Å². The van der Waals surface area contributed by atoms with Gasteiger partial charge in [0.05, 0.1) is 30.0 Å². The number of nitrogens with zero attached hydrogens (tertiary/aromatic N) is 1. The molecular weight excluding hydrogens is 397 g/mol. The molecule has 2 aromatic carbocycles. The molecule has 0 bridgehead atoms. The minimum atomic E-state index is 0.565. The van der Waals surface area contributed by atoms with Crippen LogP contribution >= 0.6 is 46.3 Å². The van der Waals surface area contributed by atoms with Crippen LogP contribution in [0, 0.1) is 0 Å². The first-order chi connectivity index (χ1) is 12.1. The summed E-state index contributed by atoms with van der Waals surface area (Å²) in [7, 11) is 3.25. The lowest BCUT2D eigenvalue weighted by molar-refractivity contribution is 0.355. The molecule has 0 aliphatic rings. The summed E-state index contributed by atoms with van der Waals surface area (Å²) in [6.07, 6.45) is 0. The largest absolute Gasteiger partial charge is 0.493 e. The van der Waals surface area contributed by atoms with Crippen molar-refractivity contribution in [2.75, 3.05) is 14.2 Å². The number of hydrogen-bond acceptors (Lipinski definition) is 5. The van der Waals surface area contributed by atoms with Gasteiger partial charge in [-0.3, -0.25) is 0 Å². The van der Waals surface area contributed by atoms with Crippen LogP contribution in [0.4, 0.5) is 0 Å². The molecule has 3 rings (SSSR count). The highest BCUT2D eigenvalue weighted by molar-refractivity contribution is 7.98. The zero-order valence-electron chi connectivity index (χ0n) is 13.6. The molecule has 130 valence electrons. The third-order valence-electron chi connectivity index (χ3n) is 3.46. The highest BCUT2D eigenvalue weighted by atomic mass is 35.5. The van der Waals surface area contributed by atoms with Crippen molar-refractivity contribution in [1.29, 1.82) is 0 Å². The number of halogens is 2. The van der Waals surface area contributed by atoms with Crippen molar-refractivity contribution in [3.63, 3.8) is 0 Å². The summed E-state index contributed by atoms with van der Waals surface area (Å²) in [5.74, 6) is 2.17. The molecular formula is C18H15Cl2NO2S2. The van der Waals surface area contributed by atoms with Crippen molar-refractivity contribution in [2.45, 2.75) is 10.6 Å². The lowest BCUT2D eigenvalue weighted by atomic mass is 10.2. The normalized spacial score (nSPS) is 10.7. The van der Waals surface area contributed by atoms with Gasteiger partial charge < -0.3 is 9.47 Å². The summed E-state index contributed by atoms with van der Waals surface area (Å²) in [6, 6.07) is 11.4. The van der Waals surface area contributed by atoms with Crippen LogP contribution in [-0.4, -0.2) is 19.2 Å². The van der Waals surface area contributed by atoms with Crippen LogP contribution in [0.2, 0.25) is 10.0 Å². The predicted octanol–water partition coefficient (Wildman–Crippen LogP) is 6.43. The molecule has 7 heteroatoms. The van der Waals surface area contributed by atoms with E-state index in [0.717, 1.165) is 26.9 Å². The number of methoxy groups -OCH3 is 2. The van der Waals surface area contributed by atoms with Gasteiger partial charge in [-0.2, -0.15) is 0 Å². The fourth-order valence-corrected chi connectivity index (χ4v) is 4.31. The number of rotatable bonds is 6. The third-order valence-corrected chi connectivity index (χ3v) is 6.17. The first kappa shape index (κ1) is 18.4. The number of thiazole rings is 1. The van der Waals surface area contributed by atoms with E-state index in [0.29, 0.717) is 21.5 Å². The average molecular weight is 412 g/mol. The van der Waals surface area contributed by atoms with Crippen LogP contribution in [-0.2, 0) is 5.75 Å². The summed E-state index contributed by atoms with van der Waals surface area (Å²) in [6.45, 7) is 0. The SMILES string of the molecule is COc1ccc(-c2nc(CSc3ccc(Cl)c(Cl)c3)cs2)cc1OC. The first-order valence-corrected chi connectivity index (χ1v) is 9.97. The molecule has 1 heterocycles. The maximum atomic E-state index is 6.05. The lowest BCUT2D eigenvalue weighted by Crippen LogP contribution is -1.90. The maximum Gasteiger partial charge on any atom is 0.161 e. The van der Waals surface area contributed by atoms with E-state index in [-0.39, 0.29) is 0 Å². The number of aromatic nitrogens is 1. The topological polar surface area (TPSA) is 31.4 Å². The van der Waals surface area contributed by atoms with Gasteiger partial charge in [0.15, 0.2) is 11.5 Å². The molecule has 0 fully saturated rings. The van der Waals surface area contributed by atoms with Crippen molar-refractivity contribution in [2.24, 2.45) is 0 Å². The second-order valence-electron chi connectivity index (χ2n) is 5.08. The minimum absolute atomic E-state index is 0.565. The Morgan fingerprint density at radius 3 is 2.52 bits per heavy atom. The zero-order valence-corrected chi connectivity index (χ0v) is 16.7. The summed E-state index contributed by atoms with van der Waals surface area (Å²) in [5, 5.41) is 4.15. The Morgan fingerprint density at radius 2 is 1.80 bits per heavy atom. The third kappa shape index (κ3) is 4.42. The van der Waals surface area contributed by atoms with Gasteiger partial charge >= 0.3 is 0 Å². The van der Waals surface area contributed by atoms with E-state index in [1.807, 2.05) is 36.4 Å². The molecule has 0 saturated heterocycles. The monoisotopic (exact) mass is 411 g/mol. The molecule has 0 radical (unpaired) electrons. The Kier molecular flexibility index (Phi) is 6.12. The summed E-state index contributed by atoms with van der Waals surface area (Å²) in [5.41, 5.74) is 2.03. The van der Waals surface area contributed by atoms with Gasteiger partial charge in [0.2, 0.25) is 0 Å². The van der Waals surface area contributed by atoms with Gasteiger partial charge in [-0.1, -0.05) is 23.2 Å². The molecule has 0 saturated carbocycles. The minimum Gasteiger partial charge on any atom is -0.493 e. The zero-order chi connectivity index (χ0) is 17.8. The number of thioether (sulfide) groups is 1. The number of hydrogen-bond donors (Lipinski definition) is 0. The fourth-order valence-electron chi connectivity index (χ4n) is 2.20. The molecule has 3 aromatic rings. The quantitative estimate of drug-likeness (QED) is 0.437. The second-order valence-corrected chi connectivity index (χ2v) is 7.80. The summed E-state index contributed by atoms with van der Waals surface area (Å²) in [4.78, 5) is 5.77.